The maximum atomic E-state index is 5.46. The van der Waals surface area contributed by atoms with Crippen LogP contribution in [0.1, 0.15) is 5.56 Å². The molecule has 0 amide bonds. The highest BCUT2D eigenvalue weighted by molar-refractivity contribution is 5.40. The van der Waals surface area contributed by atoms with Gasteiger partial charge >= 0.3 is 0 Å². The number of ether oxygens (including phenoxy) is 2. The zero-order valence-corrected chi connectivity index (χ0v) is 13.6. The van der Waals surface area contributed by atoms with Gasteiger partial charge in [0.2, 0.25) is 5.95 Å². The molecule has 1 fully saturated rings. The van der Waals surface area contributed by atoms with Crippen LogP contribution in [-0.2, 0) is 6.54 Å². The fourth-order valence-electron chi connectivity index (χ4n) is 2.81. The summed E-state index contributed by atoms with van der Waals surface area (Å²) in [5.41, 5.74) is 1.15. The molecule has 23 heavy (non-hydrogen) atoms. The minimum atomic E-state index is 0.811. The molecule has 6 heteroatoms. The van der Waals surface area contributed by atoms with Crippen molar-refractivity contribution in [3.63, 3.8) is 0 Å². The number of methoxy groups -OCH3 is 2. The molecule has 1 aromatic heterocycles. The first-order valence-electron chi connectivity index (χ1n) is 7.75. The van der Waals surface area contributed by atoms with Crippen molar-refractivity contribution in [1.29, 1.82) is 0 Å². The Balaban J connectivity index is 1.63. The molecule has 2 aromatic rings. The molecule has 0 radical (unpaired) electrons. The number of hydrogen-bond donors (Lipinski definition) is 0. The van der Waals surface area contributed by atoms with Crippen LogP contribution in [0.25, 0.3) is 0 Å². The van der Waals surface area contributed by atoms with Crippen LogP contribution in [0.15, 0.2) is 36.7 Å². The lowest BCUT2D eigenvalue weighted by Crippen LogP contribution is -2.46. The Morgan fingerprint density at radius 1 is 1.00 bits per heavy atom. The van der Waals surface area contributed by atoms with Crippen LogP contribution in [0.4, 0.5) is 5.95 Å². The van der Waals surface area contributed by atoms with Gasteiger partial charge in [-0.2, -0.15) is 0 Å². The molecule has 0 bridgehead atoms. The summed E-state index contributed by atoms with van der Waals surface area (Å²) < 4.78 is 10.8. The second-order valence-corrected chi connectivity index (χ2v) is 5.49. The van der Waals surface area contributed by atoms with Crippen LogP contribution >= 0.6 is 0 Å². The molecule has 0 N–H and O–H groups in total. The van der Waals surface area contributed by atoms with E-state index in [1.54, 1.807) is 26.6 Å². The van der Waals surface area contributed by atoms with Gasteiger partial charge in [0.25, 0.3) is 0 Å². The highest BCUT2D eigenvalue weighted by Crippen LogP contribution is 2.25. The monoisotopic (exact) mass is 314 g/mol. The maximum Gasteiger partial charge on any atom is 0.225 e. The van der Waals surface area contributed by atoms with E-state index < -0.39 is 0 Å². The summed E-state index contributed by atoms with van der Waals surface area (Å²) in [6, 6.07) is 7.77. The molecule has 3 rings (SSSR count). The van der Waals surface area contributed by atoms with Gasteiger partial charge in [0.15, 0.2) is 0 Å². The summed E-state index contributed by atoms with van der Waals surface area (Å²) >= 11 is 0. The summed E-state index contributed by atoms with van der Waals surface area (Å²) in [5, 5.41) is 0. The molecule has 1 saturated heterocycles. The maximum absolute atomic E-state index is 5.46. The van der Waals surface area contributed by atoms with E-state index in [9.17, 15) is 0 Å². The third-order valence-electron chi connectivity index (χ3n) is 4.09. The molecule has 0 spiro atoms. The zero-order valence-electron chi connectivity index (χ0n) is 13.6. The predicted molar refractivity (Wildman–Crippen MR) is 89.1 cm³/mol. The van der Waals surface area contributed by atoms with Crippen molar-refractivity contribution in [2.75, 3.05) is 45.3 Å². The average molecular weight is 314 g/mol. The number of benzene rings is 1. The fourth-order valence-corrected chi connectivity index (χ4v) is 2.81. The molecule has 0 unspecified atom stereocenters. The number of nitrogens with zero attached hydrogens (tertiary/aromatic N) is 4. The first kappa shape index (κ1) is 15.6. The van der Waals surface area contributed by atoms with Crippen molar-refractivity contribution in [3.05, 3.63) is 42.2 Å². The summed E-state index contributed by atoms with van der Waals surface area (Å²) in [4.78, 5) is 13.3. The van der Waals surface area contributed by atoms with E-state index in [0.717, 1.165) is 55.7 Å². The van der Waals surface area contributed by atoms with Gasteiger partial charge in [-0.05, 0) is 24.3 Å². The van der Waals surface area contributed by atoms with Crippen molar-refractivity contribution in [2.45, 2.75) is 6.54 Å². The zero-order chi connectivity index (χ0) is 16.1. The second kappa shape index (κ2) is 7.28. The molecular weight excluding hydrogens is 292 g/mol. The Bertz CT molecular complexity index is 628. The summed E-state index contributed by atoms with van der Waals surface area (Å²) in [6.07, 6.45) is 3.58. The fraction of sp³-hybridized carbons (Fsp3) is 0.412. The summed E-state index contributed by atoms with van der Waals surface area (Å²) in [5.74, 6) is 2.57. The average Bonchev–Trinajstić information content (AvgIpc) is 2.63. The Kier molecular flexibility index (Phi) is 4.92. The van der Waals surface area contributed by atoms with E-state index in [1.807, 2.05) is 24.3 Å². The lowest BCUT2D eigenvalue weighted by atomic mass is 10.1. The lowest BCUT2D eigenvalue weighted by Gasteiger charge is -2.34. The van der Waals surface area contributed by atoms with Gasteiger partial charge in [0, 0.05) is 50.7 Å². The first-order valence-corrected chi connectivity index (χ1v) is 7.75. The second-order valence-electron chi connectivity index (χ2n) is 5.49. The van der Waals surface area contributed by atoms with Crippen LogP contribution in [0, 0.1) is 0 Å². The van der Waals surface area contributed by atoms with Crippen LogP contribution in [0.5, 0.6) is 11.5 Å². The van der Waals surface area contributed by atoms with E-state index in [0.29, 0.717) is 0 Å². The SMILES string of the molecule is COc1ccc(OC)c(CN2CCN(c3ncccn3)CC2)c1. The number of anilines is 1. The number of rotatable bonds is 5. The summed E-state index contributed by atoms with van der Waals surface area (Å²) in [6.45, 7) is 4.65. The summed E-state index contributed by atoms with van der Waals surface area (Å²) in [7, 11) is 3.39. The minimum absolute atomic E-state index is 0.811. The van der Waals surface area contributed by atoms with Gasteiger partial charge in [0.1, 0.15) is 11.5 Å². The van der Waals surface area contributed by atoms with Crippen LogP contribution < -0.4 is 14.4 Å². The van der Waals surface area contributed by atoms with E-state index >= 15 is 0 Å². The highest BCUT2D eigenvalue weighted by atomic mass is 16.5. The van der Waals surface area contributed by atoms with Gasteiger partial charge in [0.05, 0.1) is 14.2 Å². The molecule has 0 atom stereocenters. The van der Waals surface area contributed by atoms with E-state index in [4.69, 9.17) is 9.47 Å². The first-order chi connectivity index (χ1) is 11.3. The molecule has 1 aromatic carbocycles. The van der Waals surface area contributed by atoms with E-state index in [2.05, 4.69) is 19.8 Å². The molecule has 1 aliphatic heterocycles. The van der Waals surface area contributed by atoms with Crippen molar-refractivity contribution in [3.8, 4) is 11.5 Å². The van der Waals surface area contributed by atoms with Gasteiger partial charge in [-0.15, -0.1) is 0 Å². The van der Waals surface area contributed by atoms with Gasteiger partial charge in [-0.25, -0.2) is 9.97 Å². The van der Waals surface area contributed by atoms with E-state index in [-0.39, 0.29) is 0 Å². The van der Waals surface area contributed by atoms with Crippen LogP contribution in [-0.4, -0.2) is 55.3 Å². The Morgan fingerprint density at radius 2 is 1.74 bits per heavy atom. The molecule has 0 aliphatic carbocycles. The third kappa shape index (κ3) is 3.71. The predicted octanol–water partition coefficient (Wildman–Crippen LogP) is 1.82. The Morgan fingerprint density at radius 3 is 2.39 bits per heavy atom. The van der Waals surface area contributed by atoms with Gasteiger partial charge in [-0.3, -0.25) is 4.90 Å². The van der Waals surface area contributed by atoms with Gasteiger partial charge in [-0.1, -0.05) is 0 Å². The van der Waals surface area contributed by atoms with Crippen molar-refractivity contribution in [1.82, 2.24) is 14.9 Å². The van der Waals surface area contributed by atoms with Crippen LogP contribution in [0.3, 0.4) is 0 Å². The smallest absolute Gasteiger partial charge is 0.225 e. The molecule has 1 aliphatic rings. The Hall–Kier alpha value is -2.34. The number of piperazine rings is 1. The molecule has 2 heterocycles. The standard InChI is InChI=1S/C17H22N4O2/c1-22-15-4-5-16(23-2)14(12-15)13-20-8-10-21(11-9-20)17-18-6-3-7-19-17/h3-7,12H,8-11,13H2,1-2H3. The lowest BCUT2D eigenvalue weighted by molar-refractivity contribution is 0.244. The number of aromatic nitrogens is 2. The molecular formula is C17H22N4O2. The molecule has 122 valence electrons. The molecule has 6 nitrogen and oxygen atoms in total. The van der Waals surface area contributed by atoms with Crippen LogP contribution in [0.2, 0.25) is 0 Å². The van der Waals surface area contributed by atoms with Crippen molar-refractivity contribution < 1.29 is 9.47 Å². The third-order valence-corrected chi connectivity index (χ3v) is 4.09. The topological polar surface area (TPSA) is 50.7 Å². The van der Waals surface area contributed by atoms with Crippen molar-refractivity contribution in [2.24, 2.45) is 0 Å². The Labute approximate surface area is 136 Å². The van der Waals surface area contributed by atoms with Crippen molar-refractivity contribution >= 4 is 5.95 Å². The highest BCUT2D eigenvalue weighted by Gasteiger charge is 2.20. The normalized spacial score (nSPS) is 15.5. The minimum Gasteiger partial charge on any atom is -0.497 e. The van der Waals surface area contributed by atoms with Gasteiger partial charge < -0.3 is 14.4 Å². The quantitative estimate of drug-likeness (QED) is 0.839. The van der Waals surface area contributed by atoms with E-state index in [1.165, 1.54) is 0 Å². The number of hydrogen-bond acceptors (Lipinski definition) is 6. The largest absolute Gasteiger partial charge is 0.497 e. The molecule has 0 saturated carbocycles.